The molecule has 0 N–H and O–H groups in total. The molecule has 0 radical (unpaired) electrons. The van der Waals surface area contributed by atoms with Crippen LogP contribution in [0.1, 0.15) is 55.4 Å². The van der Waals surface area contributed by atoms with Crippen LogP contribution < -0.4 is 4.90 Å². The Balaban J connectivity index is 0.971. The van der Waals surface area contributed by atoms with Crippen molar-refractivity contribution in [3.63, 3.8) is 0 Å². The number of allylic oxidation sites excluding steroid dienone is 1. The summed E-state index contributed by atoms with van der Waals surface area (Å²) in [5, 5.41) is 7.65. The van der Waals surface area contributed by atoms with Gasteiger partial charge in [-0.15, -0.1) is 11.3 Å². The highest BCUT2D eigenvalue weighted by atomic mass is 32.1. The smallest absolute Gasteiger partial charge is 0.0543 e. The quantitative estimate of drug-likeness (QED) is 0.161. The molecule has 0 spiro atoms. The maximum Gasteiger partial charge on any atom is 0.0543 e. The number of anilines is 3. The van der Waals surface area contributed by atoms with E-state index in [2.05, 4.69) is 250 Å². The second-order valence-electron chi connectivity index (χ2n) is 20.1. The summed E-state index contributed by atoms with van der Waals surface area (Å²) in [5.74, 6) is 0.505. The molecule has 2 aliphatic rings. The summed E-state index contributed by atoms with van der Waals surface area (Å²) in [4.78, 5) is 2.54. The Hall–Kier alpha value is -7.98. The van der Waals surface area contributed by atoms with Crippen LogP contribution in [-0.2, 0) is 12.5 Å². The molecule has 2 aliphatic carbocycles. The van der Waals surface area contributed by atoms with Gasteiger partial charge < -0.3 is 9.47 Å². The number of aryl methyl sites for hydroxylation is 1. The lowest BCUT2D eigenvalue weighted by atomic mass is 9.80. The number of benzene rings is 10. The Morgan fingerprint density at radius 1 is 0.486 bits per heavy atom. The molecule has 2 nitrogen and oxygen atoms in total. The molecule has 3 heteroatoms. The number of rotatable bonds is 6. The molecule has 10 aromatic carbocycles. The van der Waals surface area contributed by atoms with Gasteiger partial charge in [0, 0.05) is 71.2 Å². The minimum absolute atomic E-state index is 0.301. The monoisotopic (exact) mass is 914 g/mol. The van der Waals surface area contributed by atoms with E-state index < -0.39 is 0 Å². The van der Waals surface area contributed by atoms with Crippen molar-refractivity contribution in [1.82, 2.24) is 4.57 Å². The molecule has 0 saturated carbocycles. The van der Waals surface area contributed by atoms with Crippen molar-refractivity contribution in [2.45, 2.75) is 38.5 Å². The van der Waals surface area contributed by atoms with Crippen LogP contribution >= 0.6 is 11.3 Å². The van der Waals surface area contributed by atoms with Crippen LogP contribution in [0.25, 0.3) is 103 Å². The van der Waals surface area contributed by atoms with E-state index in [4.69, 9.17) is 0 Å². The highest BCUT2D eigenvalue weighted by Gasteiger charge is 2.38. The minimum atomic E-state index is -0.301. The first-order valence-electron chi connectivity index (χ1n) is 24.7. The normalized spacial score (nSPS) is 14.7. The van der Waals surface area contributed by atoms with Gasteiger partial charge in [-0.25, -0.2) is 0 Å². The Morgan fingerprint density at radius 2 is 1.17 bits per heavy atom. The van der Waals surface area contributed by atoms with E-state index in [1.54, 1.807) is 0 Å². The fourth-order valence-corrected chi connectivity index (χ4v) is 13.4. The number of para-hydroxylation sites is 1. The van der Waals surface area contributed by atoms with E-state index in [-0.39, 0.29) is 5.41 Å². The fraction of sp³-hybridized carbons (Fsp3) is 0.104. The van der Waals surface area contributed by atoms with E-state index >= 15 is 0 Å². The summed E-state index contributed by atoms with van der Waals surface area (Å²) in [6, 6.07) is 75.6. The van der Waals surface area contributed by atoms with Gasteiger partial charge in [0.1, 0.15) is 0 Å². The molecule has 14 rings (SSSR count). The Kier molecular flexibility index (Phi) is 9.10. The topological polar surface area (TPSA) is 8.17 Å². The van der Waals surface area contributed by atoms with Crippen LogP contribution in [0.15, 0.2) is 206 Å². The van der Waals surface area contributed by atoms with E-state index in [0.29, 0.717) is 5.92 Å². The summed E-state index contributed by atoms with van der Waals surface area (Å²) in [6.07, 6.45) is 5.77. The van der Waals surface area contributed by atoms with Gasteiger partial charge in [-0.05, 0) is 145 Å². The predicted molar refractivity (Wildman–Crippen MR) is 301 cm³/mol. The first-order valence-corrected chi connectivity index (χ1v) is 25.5. The van der Waals surface area contributed by atoms with Gasteiger partial charge in [0.05, 0.1) is 5.69 Å². The summed E-state index contributed by atoms with van der Waals surface area (Å²) < 4.78 is 4.93. The Morgan fingerprint density at radius 3 is 2.03 bits per heavy atom. The molecule has 334 valence electrons. The number of hydrogen-bond acceptors (Lipinski definition) is 2. The highest BCUT2D eigenvalue weighted by molar-refractivity contribution is 7.25. The van der Waals surface area contributed by atoms with Gasteiger partial charge in [0.2, 0.25) is 0 Å². The molecule has 12 aromatic rings. The van der Waals surface area contributed by atoms with Crippen molar-refractivity contribution in [2.24, 2.45) is 7.05 Å². The maximum absolute atomic E-state index is 2.54. The van der Waals surface area contributed by atoms with Gasteiger partial charge in [0.15, 0.2) is 0 Å². The van der Waals surface area contributed by atoms with Crippen LogP contribution in [0.3, 0.4) is 0 Å². The lowest BCUT2D eigenvalue weighted by Crippen LogP contribution is -2.17. The van der Waals surface area contributed by atoms with Crippen molar-refractivity contribution in [3.8, 4) is 44.5 Å². The van der Waals surface area contributed by atoms with Gasteiger partial charge in [0.25, 0.3) is 0 Å². The van der Waals surface area contributed by atoms with Gasteiger partial charge >= 0.3 is 0 Å². The Bertz CT molecular complexity index is 4160. The highest BCUT2D eigenvalue weighted by Crippen LogP contribution is 2.56. The van der Waals surface area contributed by atoms with Crippen molar-refractivity contribution < 1.29 is 0 Å². The van der Waals surface area contributed by atoms with Gasteiger partial charge in [-0.1, -0.05) is 172 Å². The van der Waals surface area contributed by atoms with Crippen LogP contribution in [0, 0.1) is 0 Å². The number of hydrogen-bond donors (Lipinski definition) is 0. The summed E-state index contributed by atoms with van der Waals surface area (Å²) in [6.45, 7) is 7.22. The van der Waals surface area contributed by atoms with Crippen LogP contribution in [0.5, 0.6) is 0 Å². The molecule has 0 aliphatic heterocycles. The second-order valence-corrected chi connectivity index (χ2v) is 21.2. The molecular formula is C67H50N2S. The average Bonchev–Trinajstić information content (AvgIpc) is 4.00. The average molecular weight is 915 g/mol. The zero-order valence-electron chi connectivity index (χ0n) is 39.8. The maximum atomic E-state index is 2.54. The van der Waals surface area contributed by atoms with Crippen molar-refractivity contribution in [3.05, 3.63) is 229 Å². The third-order valence-electron chi connectivity index (χ3n) is 15.8. The van der Waals surface area contributed by atoms with E-state index in [9.17, 15) is 0 Å². The molecular weight excluding hydrogens is 865 g/mol. The summed E-state index contributed by atoms with van der Waals surface area (Å²) >= 11 is 1.88. The first-order chi connectivity index (χ1) is 34.3. The Labute approximate surface area is 413 Å². The van der Waals surface area contributed by atoms with Crippen LogP contribution in [0.4, 0.5) is 17.1 Å². The molecule has 0 saturated heterocycles. The molecule has 1 atom stereocenters. The SMILES string of the molecule is CC1CC=Cc2c(-c3ccc(-c4ccccc4)c(-c4ccc5c(c4)C(C)(C)c4cc(N(c6ccc7c(c6)sc6ccccc67)c6ccc7c(c6)c6ccccc6n7C)c6ccccc6c4-5)c3)cccc21. The molecule has 0 bridgehead atoms. The largest absolute Gasteiger partial charge is 0.344 e. The molecule has 0 fully saturated rings. The predicted octanol–water partition coefficient (Wildman–Crippen LogP) is 19.2. The van der Waals surface area contributed by atoms with Gasteiger partial charge in [-0.2, -0.15) is 0 Å². The third-order valence-corrected chi connectivity index (χ3v) is 17.0. The van der Waals surface area contributed by atoms with Crippen molar-refractivity contribution >= 4 is 87.2 Å². The van der Waals surface area contributed by atoms with Crippen LogP contribution in [0.2, 0.25) is 0 Å². The first kappa shape index (κ1) is 41.0. The summed E-state index contributed by atoms with van der Waals surface area (Å²) in [7, 11) is 2.18. The standard InChI is InChI=1S/C67H50N2S/c1-41-16-14-25-50-47(41)23-15-24-48(50)43-28-32-49(42-17-6-5-7-18-42)57(36-43)44-29-33-56-59(37-44)67(2,3)60-40-63(51-19-8-9-22-55(51)66(56)60)69(46-30-34-54-53-21-11-13-27-64(53)70-65(54)39-46)45-31-35-62-58(38-45)52-20-10-12-26-61(52)68(62)4/h5-15,17-41H,16H2,1-4H3. The van der Waals surface area contributed by atoms with Crippen molar-refractivity contribution in [2.75, 3.05) is 4.90 Å². The summed E-state index contributed by atoms with van der Waals surface area (Å²) in [5.41, 5.74) is 21.3. The lowest BCUT2D eigenvalue weighted by molar-refractivity contribution is 0.661. The fourth-order valence-electron chi connectivity index (χ4n) is 12.3. The molecule has 70 heavy (non-hydrogen) atoms. The number of thiophene rings is 1. The number of nitrogens with zero attached hydrogens (tertiary/aromatic N) is 2. The molecule has 0 amide bonds. The molecule has 2 aromatic heterocycles. The molecule has 2 heterocycles. The zero-order valence-corrected chi connectivity index (χ0v) is 40.6. The van der Waals surface area contributed by atoms with Crippen molar-refractivity contribution in [1.29, 1.82) is 0 Å². The van der Waals surface area contributed by atoms with E-state index in [1.807, 2.05) is 11.3 Å². The molecule has 1 unspecified atom stereocenters. The van der Waals surface area contributed by atoms with Crippen LogP contribution in [-0.4, -0.2) is 4.57 Å². The van der Waals surface area contributed by atoms with Gasteiger partial charge in [-0.3, -0.25) is 0 Å². The van der Waals surface area contributed by atoms with E-state index in [0.717, 1.165) is 17.8 Å². The lowest BCUT2D eigenvalue weighted by Gasteiger charge is -2.30. The second kappa shape index (κ2) is 15.5. The third kappa shape index (κ3) is 6.11. The zero-order chi connectivity index (χ0) is 46.8. The minimum Gasteiger partial charge on any atom is -0.344 e. The number of aromatic nitrogens is 1. The number of fused-ring (bicyclic) bond motifs is 12. The van der Waals surface area contributed by atoms with E-state index in [1.165, 1.54) is 125 Å².